The molecule has 12 rings (SSSR count). The fraction of sp³-hybridized carbons (Fsp3) is 0. The normalized spacial score (nSPS) is 11.9. The van der Waals surface area contributed by atoms with Crippen molar-refractivity contribution in [1.82, 2.24) is 19.5 Å². The molecule has 56 heavy (non-hydrogen) atoms. The first-order valence-corrected chi connectivity index (χ1v) is 18.9. The van der Waals surface area contributed by atoms with Gasteiger partial charge in [0.25, 0.3) is 0 Å². The fourth-order valence-electron chi connectivity index (χ4n) is 8.65. The Bertz CT molecular complexity index is 3540. The first-order chi connectivity index (χ1) is 27.8. The molecule has 5 heteroatoms. The summed E-state index contributed by atoms with van der Waals surface area (Å²) >= 11 is 0. The van der Waals surface area contributed by atoms with Crippen molar-refractivity contribution in [1.29, 1.82) is 0 Å². The Hall–Kier alpha value is -7.63. The predicted molar refractivity (Wildman–Crippen MR) is 230 cm³/mol. The summed E-state index contributed by atoms with van der Waals surface area (Å²) in [5.41, 5.74) is 7.36. The van der Waals surface area contributed by atoms with Crippen LogP contribution in [0.2, 0.25) is 0 Å². The first kappa shape index (κ1) is 30.8. The molecule has 3 aromatic heterocycles. The van der Waals surface area contributed by atoms with Crippen molar-refractivity contribution in [2.24, 2.45) is 0 Å². The van der Waals surface area contributed by atoms with Gasteiger partial charge in [-0.15, -0.1) is 0 Å². The van der Waals surface area contributed by atoms with Crippen molar-refractivity contribution >= 4 is 76.1 Å². The molecule has 260 valence electrons. The molecule has 0 fully saturated rings. The first-order valence-electron chi connectivity index (χ1n) is 18.9. The minimum atomic E-state index is 0.565. The molecular formula is C51H30N4O. The van der Waals surface area contributed by atoms with Gasteiger partial charge in [0.05, 0.1) is 11.0 Å². The maximum absolute atomic E-state index is 6.90. The topological polar surface area (TPSA) is 56.7 Å². The second-order valence-electron chi connectivity index (χ2n) is 14.4. The van der Waals surface area contributed by atoms with Crippen LogP contribution < -0.4 is 0 Å². The molecule has 0 radical (unpaired) electrons. The highest BCUT2D eigenvalue weighted by Gasteiger charge is 2.25. The van der Waals surface area contributed by atoms with E-state index in [9.17, 15) is 0 Å². The third-order valence-corrected chi connectivity index (χ3v) is 11.2. The van der Waals surface area contributed by atoms with Crippen LogP contribution in [0.5, 0.6) is 0 Å². The third kappa shape index (κ3) is 4.58. The molecule has 12 aromatic rings. The van der Waals surface area contributed by atoms with Gasteiger partial charge in [-0.1, -0.05) is 140 Å². The van der Waals surface area contributed by atoms with E-state index in [-0.39, 0.29) is 0 Å². The van der Waals surface area contributed by atoms with Crippen LogP contribution in [-0.2, 0) is 0 Å². The monoisotopic (exact) mass is 714 g/mol. The van der Waals surface area contributed by atoms with Gasteiger partial charge in [-0.25, -0.2) is 15.0 Å². The van der Waals surface area contributed by atoms with Crippen molar-refractivity contribution in [3.05, 3.63) is 182 Å². The van der Waals surface area contributed by atoms with Crippen LogP contribution in [0.15, 0.2) is 186 Å². The third-order valence-electron chi connectivity index (χ3n) is 11.2. The summed E-state index contributed by atoms with van der Waals surface area (Å²) in [5.74, 6) is 1.78. The number of hydrogen-bond acceptors (Lipinski definition) is 4. The van der Waals surface area contributed by atoms with Crippen molar-refractivity contribution in [3.8, 4) is 39.9 Å². The van der Waals surface area contributed by atoms with E-state index in [1.165, 1.54) is 21.5 Å². The molecule has 0 unspecified atom stereocenters. The largest absolute Gasteiger partial charge is 0.454 e. The Kier molecular flexibility index (Phi) is 6.56. The second-order valence-corrected chi connectivity index (χ2v) is 14.4. The van der Waals surface area contributed by atoms with Crippen LogP contribution in [0.4, 0.5) is 0 Å². The summed E-state index contributed by atoms with van der Waals surface area (Å²) in [6.45, 7) is 0. The van der Waals surface area contributed by atoms with Gasteiger partial charge in [0.2, 0.25) is 0 Å². The summed E-state index contributed by atoms with van der Waals surface area (Å²) in [6.07, 6.45) is 0. The minimum absolute atomic E-state index is 0.565. The molecule has 9 aromatic carbocycles. The molecule has 0 atom stereocenters. The van der Waals surface area contributed by atoms with Gasteiger partial charge in [0, 0.05) is 38.2 Å². The number of furan rings is 1. The van der Waals surface area contributed by atoms with Crippen LogP contribution in [0, 0.1) is 0 Å². The van der Waals surface area contributed by atoms with Crippen LogP contribution in [0.1, 0.15) is 0 Å². The minimum Gasteiger partial charge on any atom is -0.454 e. The summed E-state index contributed by atoms with van der Waals surface area (Å²) in [7, 11) is 0. The Balaban J connectivity index is 1.23. The Morgan fingerprint density at radius 2 is 0.964 bits per heavy atom. The van der Waals surface area contributed by atoms with Gasteiger partial charge in [-0.3, -0.25) is 0 Å². The zero-order valence-corrected chi connectivity index (χ0v) is 30.0. The van der Waals surface area contributed by atoms with Crippen molar-refractivity contribution in [3.63, 3.8) is 0 Å². The van der Waals surface area contributed by atoms with Gasteiger partial charge in [0.1, 0.15) is 11.3 Å². The highest BCUT2D eigenvalue weighted by atomic mass is 16.3. The van der Waals surface area contributed by atoms with E-state index in [0.717, 1.165) is 76.9 Å². The zero-order chi connectivity index (χ0) is 36.7. The van der Waals surface area contributed by atoms with Crippen LogP contribution in [-0.4, -0.2) is 19.5 Å². The second kappa shape index (κ2) is 11.9. The number of benzene rings is 9. The van der Waals surface area contributed by atoms with Gasteiger partial charge < -0.3 is 8.98 Å². The quantitative estimate of drug-likeness (QED) is 0.170. The van der Waals surface area contributed by atoms with Crippen LogP contribution in [0.3, 0.4) is 0 Å². The average Bonchev–Trinajstić information content (AvgIpc) is 3.80. The maximum atomic E-state index is 6.90. The van der Waals surface area contributed by atoms with E-state index >= 15 is 0 Å². The lowest BCUT2D eigenvalue weighted by Gasteiger charge is -2.16. The number of fused-ring (bicyclic) bond motifs is 10. The molecule has 0 aliphatic carbocycles. The number of nitrogens with zero attached hydrogens (tertiary/aromatic N) is 4. The van der Waals surface area contributed by atoms with Crippen LogP contribution >= 0.6 is 0 Å². The van der Waals surface area contributed by atoms with Crippen LogP contribution in [0.25, 0.3) is 116 Å². The van der Waals surface area contributed by atoms with E-state index in [1.54, 1.807) is 0 Å². The van der Waals surface area contributed by atoms with E-state index < -0.39 is 0 Å². The summed E-state index contributed by atoms with van der Waals surface area (Å²) in [5, 5.41) is 11.4. The average molecular weight is 715 g/mol. The molecule has 0 bridgehead atoms. The standard InChI is InChI=1S/C51H30N4O/c1-2-14-31(15-3-1)49-52-50(54-51(53-49)43-29-34-18-6-7-19-35(34)36-20-8-9-21-37(36)43)41-27-26-40-39-23-11-13-25-46(39)56-48(40)47(41)55-44-24-12-10-22-38(44)42-28-32-16-4-5-17-33(32)30-45(42)55/h1-30H. The number of rotatable bonds is 4. The summed E-state index contributed by atoms with van der Waals surface area (Å²) in [6, 6.07) is 63.8. The van der Waals surface area contributed by atoms with E-state index in [1.807, 2.05) is 30.3 Å². The SMILES string of the molecule is c1ccc(-c2nc(-c3ccc4c(oc5ccccc54)c3-n3c4ccccc4c4cc5ccccc5cc43)nc(-c3cc4ccccc4c4ccccc34)n2)cc1. The lowest BCUT2D eigenvalue weighted by Crippen LogP contribution is -2.04. The summed E-state index contributed by atoms with van der Waals surface area (Å²) < 4.78 is 9.25. The van der Waals surface area contributed by atoms with Gasteiger partial charge in [0.15, 0.2) is 23.1 Å². The molecule has 0 saturated heterocycles. The molecule has 3 heterocycles. The fourth-order valence-corrected chi connectivity index (χ4v) is 8.65. The maximum Gasteiger partial charge on any atom is 0.166 e. The van der Waals surface area contributed by atoms with Crippen molar-refractivity contribution in [2.45, 2.75) is 0 Å². The van der Waals surface area contributed by atoms with E-state index in [4.69, 9.17) is 19.4 Å². The molecule has 5 nitrogen and oxygen atoms in total. The van der Waals surface area contributed by atoms with Gasteiger partial charge in [-0.05, 0) is 74.8 Å². The van der Waals surface area contributed by atoms with Crippen molar-refractivity contribution < 1.29 is 4.42 Å². The summed E-state index contributed by atoms with van der Waals surface area (Å²) in [4.78, 5) is 16.0. The number of aromatic nitrogens is 4. The zero-order valence-electron chi connectivity index (χ0n) is 30.0. The smallest absolute Gasteiger partial charge is 0.166 e. The highest BCUT2D eigenvalue weighted by Crippen LogP contribution is 2.44. The van der Waals surface area contributed by atoms with Gasteiger partial charge in [-0.2, -0.15) is 0 Å². The molecule has 0 saturated carbocycles. The molecule has 0 spiro atoms. The van der Waals surface area contributed by atoms with Gasteiger partial charge >= 0.3 is 0 Å². The van der Waals surface area contributed by atoms with E-state index in [2.05, 4.69) is 156 Å². The highest BCUT2D eigenvalue weighted by molar-refractivity contribution is 6.17. The molecule has 0 N–H and O–H groups in total. The molecule has 0 aliphatic rings. The molecular weight excluding hydrogens is 685 g/mol. The predicted octanol–water partition coefficient (Wildman–Crippen LogP) is 13.3. The Labute approximate surface area is 320 Å². The number of hydrogen-bond donors (Lipinski definition) is 0. The number of para-hydroxylation sites is 2. The lowest BCUT2D eigenvalue weighted by atomic mass is 9.97. The molecule has 0 amide bonds. The van der Waals surface area contributed by atoms with Crippen molar-refractivity contribution in [2.75, 3.05) is 0 Å². The van der Waals surface area contributed by atoms with E-state index in [0.29, 0.717) is 17.5 Å². The Morgan fingerprint density at radius 1 is 0.357 bits per heavy atom. The Morgan fingerprint density at radius 3 is 1.79 bits per heavy atom. The lowest BCUT2D eigenvalue weighted by molar-refractivity contribution is 0.666. The molecule has 0 aliphatic heterocycles.